The van der Waals surface area contributed by atoms with Crippen molar-refractivity contribution in [3.8, 4) is 0 Å². The molecule has 0 aromatic heterocycles. The van der Waals surface area contributed by atoms with E-state index in [1.807, 2.05) is 6.26 Å². The van der Waals surface area contributed by atoms with Crippen molar-refractivity contribution in [2.45, 2.75) is 29.9 Å². The fourth-order valence-electron chi connectivity index (χ4n) is 2.33. The molecule has 1 fully saturated rings. The molecule has 1 aliphatic heterocycles. The molecule has 1 saturated heterocycles. The maximum atomic E-state index is 12.6. The monoisotopic (exact) mass is 313 g/mol. The molecule has 1 aromatic rings. The van der Waals surface area contributed by atoms with Crippen molar-refractivity contribution in [2.24, 2.45) is 0 Å². The zero-order valence-corrected chi connectivity index (χ0v) is 13.3. The first-order valence-corrected chi connectivity index (χ1v) is 9.32. The summed E-state index contributed by atoms with van der Waals surface area (Å²) in [6.07, 6.45) is 3.98. The molecule has 0 N–H and O–H groups in total. The molecular formula is C14H19NO3S2. The maximum Gasteiger partial charge on any atom is 0.243 e. The van der Waals surface area contributed by atoms with Gasteiger partial charge in [0, 0.05) is 23.9 Å². The standard InChI is InChI=1S/C14H19NO3S2/c1-11(16)12-5-7-14(8-6-12)20(17,18)15-9-3-4-13(10-15)19-2/h5-8,13H,3-4,9-10H2,1-2H3/t13-/m1/s1. The Bertz CT molecular complexity index is 581. The van der Waals surface area contributed by atoms with Crippen molar-refractivity contribution < 1.29 is 13.2 Å². The van der Waals surface area contributed by atoms with E-state index < -0.39 is 10.0 Å². The maximum absolute atomic E-state index is 12.6. The van der Waals surface area contributed by atoms with Gasteiger partial charge in [-0.3, -0.25) is 4.79 Å². The number of hydrogen-bond acceptors (Lipinski definition) is 4. The summed E-state index contributed by atoms with van der Waals surface area (Å²) in [4.78, 5) is 11.5. The van der Waals surface area contributed by atoms with Crippen LogP contribution in [0.4, 0.5) is 0 Å². The van der Waals surface area contributed by atoms with Crippen molar-refractivity contribution in [3.05, 3.63) is 29.8 Å². The highest BCUT2D eigenvalue weighted by atomic mass is 32.2. The van der Waals surface area contributed by atoms with Crippen LogP contribution in [0.25, 0.3) is 0 Å². The van der Waals surface area contributed by atoms with E-state index in [2.05, 4.69) is 0 Å². The molecular weight excluding hydrogens is 294 g/mol. The van der Waals surface area contributed by atoms with Crippen LogP contribution in [-0.4, -0.2) is 43.1 Å². The molecule has 0 saturated carbocycles. The smallest absolute Gasteiger partial charge is 0.243 e. The molecule has 6 heteroatoms. The summed E-state index contributed by atoms with van der Waals surface area (Å²) >= 11 is 1.72. The Morgan fingerprint density at radius 3 is 2.50 bits per heavy atom. The number of benzene rings is 1. The second-order valence-corrected chi connectivity index (χ2v) is 8.02. The Morgan fingerprint density at radius 2 is 1.95 bits per heavy atom. The molecule has 1 heterocycles. The second-order valence-electron chi connectivity index (χ2n) is 4.94. The Morgan fingerprint density at radius 1 is 1.30 bits per heavy atom. The Hall–Kier alpha value is -0.850. The average molecular weight is 313 g/mol. The van der Waals surface area contributed by atoms with Gasteiger partial charge in [0.2, 0.25) is 10.0 Å². The van der Waals surface area contributed by atoms with Crippen LogP contribution in [0, 0.1) is 0 Å². The molecule has 0 radical (unpaired) electrons. The van der Waals surface area contributed by atoms with Gasteiger partial charge in [0.25, 0.3) is 0 Å². The summed E-state index contributed by atoms with van der Waals surface area (Å²) < 4.78 is 26.7. The number of carbonyl (C=O) groups excluding carboxylic acids is 1. The minimum absolute atomic E-state index is 0.0608. The third kappa shape index (κ3) is 3.24. The molecule has 0 aliphatic carbocycles. The molecule has 0 bridgehead atoms. The number of hydrogen-bond donors (Lipinski definition) is 0. The number of carbonyl (C=O) groups is 1. The first-order valence-electron chi connectivity index (χ1n) is 6.59. The molecule has 1 aromatic carbocycles. The Labute approximate surface area is 124 Å². The van der Waals surface area contributed by atoms with E-state index in [9.17, 15) is 13.2 Å². The van der Waals surface area contributed by atoms with E-state index in [1.54, 1.807) is 28.2 Å². The first kappa shape index (κ1) is 15.5. The van der Waals surface area contributed by atoms with Crippen LogP contribution in [-0.2, 0) is 10.0 Å². The van der Waals surface area contributed by atoms with Gasteiger partial charge in [-0.25, -0.2) is 8.42 Å². The molecule has 1 aliphatic rings. The van der Waals surface area contributed by atoms with Crippen LogP contribution in [0.3, 0.4) is 0 Å². The van der Waals surface area contributed by atoms with E-state index in [1.165, 1.54) is 19.1 Å². The SMILES string of the molecule is CS[C@@H]1CCCN(S(=O)(=O)c2ccc(C(C)=O)cc2)C1. The Kier molecular flexibility index (Phi) is 4.88. The van der Waals surface area contributed by atoms with Crippen molar-refractivity contribution >= 4 is 27.6 Å². The van der Waals surface area contributed by atoms with Crippen LogP contribution >= 0.6 is 11.8 Å². The summed E-state index contributed by atoms with van der Waals surface area (Å²) in [6.45, 7) is 2.61. The number of sulfonamides is 1. The van der Waals surface area contributed by atoms with Gasteiger partial charge in [0.05, 0.1) is 4.90 Å². The highest BCUT2D eigenvalue weighted by molar-refractivity contribution is 7.99. The van der Waals surface area contributed by atoms with Crippen molar-refractivity contribution in [1.29, 1.82) is 0 Å². The van der Waals surface area contributed by atoms with Gasteiger partial charge >= 0.3 is 0 Å². The van der Waals surface area contributed by atoms with Crippen LogP contribution in [0.15, 0.2) is 29.2 Å². The van der Waals surface area contributed by atoms with Gasteiger partial charge in [0.15, 0.2) is 5.78 Å². The molecule has 110 valence electrons. The molecule has 1 atom stereocenters. The zero-order valence-electron chi connectivity index (χ0n) is 11.7. The van der Waals surface area contributed by atoms with E-state index in [4.69, 9.17) is 0 Å². The molecule has 2 rings (SSSR count). The van der Waals surface area contributed by atoms with Crippen LogP contribution in [0.1, 0.15) is 30.1 Å². The van der Waals surface area contributed by atoms with Gasteiger partial charge in [-0.05, 0) is 38.2 Å². The predicted molar refractivity (Wildman–Crippen MR) is 81.7 cm³/mol. The number of Topliss-reactive ketones (excluding diaryl/α,β-unsaturated/α-hetero) is 1. The van der Waals surface area contributed by atoms with Gasteiger partial charge in [-0.1, -0.05) is 12.1 Å². The van der Waals surface area contributed by atoms with E-state index >= 15 is 0 Å². The summed E-state index contributed by atoms with van der Waals surface area (Å²) in [5.41, 5.74) is 0.532. The minimum atomic E-state index is -3.44. The third-order valence-electron chi connectivity index (χ3n) is 3.57. The number of rotatable bonds is 4. The number of nitrogens with zero attached hydrogens (tertiary/aromatic N) is 1. The number of ketones is 1. The van der Waals surface area contributed by atoms with Crippen LogP contribution in [0.5, 0.6) is 0 Å². The minimum Gasteiger partial charge on any atom is -0.295 e. The number of thioether (sulfide) groups is 1. The predicted octanol–water partition coefficient (Wildman–Crippen LogP) is 2.41. The van der Waals surface area contributed by atoms with E-state index in [0.29, 0.717) is 23.9 Å². The van der Waals surface area contributed by atoms with Gasteiger partial charge in [-0.2, -0.15) is 16.1 Å². The van der Waals surface area contributed by atoms with Crippen LogP contribution < -0.4 is 0 Å². The van der Waals surface area contributed by atoms with Gasteiger partial charge in [-0.15, -0.1) is 0 Å². The summed E-state index contributed by atoms with van der Waals surface area (Å²) in [6, 6.07) is 6.19. The summed E-state index contributed by atoms with van der Waals surface area (Å²) in [5.74, 6) is -0.0608. The van der Waals surface area contributed by atoms with Gasteiger partial charge in [0.1, 0.15) is 0 Å². The van der Waals surface area contributed by atoms with E-state index in [-0.39, 0.29) is 10.7 Å². The van der Waals surface area contributed by atoms with Crippen LogP contribution in [0.2, 0.25) is 0 Å². The third-order valence-corrected chi connectivity index (χ3v) is 6.50. The lowest BCUT2D eigenvalue weighted by molar-refractivity contribution is 0.101. The average Bonchev–Trinajstić information content (AvgIpc) is 2.47. The van der Waals surface area contributed by atoms with Crippen molar-refractivity contribution in [2.75, 3.05) is 19.3 Å². The molecule has 0 amide bonds. The quantitative estimate of drug-likeness (QED) is 0.801. The largest absolute Gasteiger partial charge is 0.295 e. The number of piperidine rings is 1. The molecule has 0 spiro atoms. The lowest BCUT2D eigenvalue weighted by Gasteiger charge is -2.31. The summed E-state index contributed by atoms with van der Waals surface area (Å²) in [7, 11) is -3.44. The molecule has 4 nitrogen and oxygen atoms in total. The molecule has 20 heavy (non-hydrogen) atoms. The highest BCUT2D eigenvalue weighted by Crippen LogP contribution is 2.25. The first-order chi connectivity index (χ1) is 9.45. The van der Waals surface area contributed by atoms with Gasteiger partial charge < -0.3 is 0 Å². The topological polar surface area (TPSA) is 54.5 Å². The highest BCUT2D eigenvalue weighted by Gasteiger charge is 2.29. The molecule has 0 unspecified atom stereocenters. The zero-order chi connectivity index (χ0) is 14.8. The van der Waals surface area contributed by atoms with Crippen molar-refractivity contribution in [1.82, 2.24) is 4.31 Å². The Balaban J connectivity index is 2.23. The lowest BCUT2D eigenvalue weighted by Crippen LogP contribution is -2.40. The van der Waals surface area contributed by atoms with Crippen molar-refractivity contribution in [3.63, 3.8) is 0 Å². The second kappa shape index (κ2) is 6.28. The fraction of sp³-hybridized carbons (Fsp3) is 0.500. The lowest BCUT2D eigenvalue weighted by atomic mass is 10.2. The fourth-order valence-corrected chi connectivity index (χ4v) is 4.68. The normalized spacial score (nSPS) is 20.8. The summed E-state index contributed by atoms with van der Waals surface area (Å²) in [5, 5.41) is 0.370. The van der Waals surface area contributed by atoms with E-state index in [0.717, 1.165) is 12.8 Å².